The van der Waals surface area contributed by atoms with Crippen molar-refractivity contribution < 1.29 is 9.47 Å². The first-order valence-corrected chi connectivity index (χ1v) is 6.56. The van der Waals surface area contributed by atoms with Crippen LogP contribution in [0, 0.1) is 6.92 Å². The van der Waals surface area contributed by atoms with Crippen LogP contribution in [-0.2, 0) is 18.3 Å². The van der Waals surface area contributed by atoms with Crippen LogP contribution < -0.4 is 10.1 Å². The number of aromatic nitrogens is 2. The molecule has 0 unspecified atom stereocenters. The quantitative estimate of drug-likeness (QED) is 0.659. The lowest BCUT2D eigenvalue weighted by molar-refractivity contribution is 0.119. The van der Waals surface area contributed by atoms with E-state index < -0.39 is 0 Å². The Kier molecular flexibility index (Phi) is 6.83. The molecule has 0 bridgehead atoms. The van der Waals surface area contributed by atoms with Gasteiger partial charge in [-0.1, -0.05) is 0 Å². The molecule has 1 aromatic heterocycles. The number of hydrogen-bond donors (Lipinski definition) is 1. The normalized spacial score (nSPS) is 11.3. The largest absolute Gasteiger partial charge is 0.481 e. The number of nitrogens with zero attached hydrogens (tertiary/aromatic N) is 3. The summed E-state index contributed by atoms with van der Waals surface area (Å²) >= 11 is 0. The average Bonchev–Trinajstić information content (AvgIpc) is 2.62. The fourth-order valence-electron chi connectivity index (χ4n) is 1.85. The third kappa shape index (κ3) is 5.18. The topological polar surface area (TPSA) is 51.5 Å². The second kappa shape index (κ2) is 8.14. The molecule has 0 saturated carbocycles. The van der Waals surface area contributed by atoms with Crippen LogP contribution in [0.1, 0.15) is 11.3 Å². The molecule has 1 N–H and O–H groups in total. The third-order valence-corrected chi connectivity index (χ3v) is 2.89. The van der Waals surface area contributed by atoms with Crippen molar-refractivity contribution in [1.82, 2.24) is 20.0 Å². The van der Waals surface area contributed by atoms with E-state index in [4.69, 9.17) is 9.47 Å². The maximum atomic E-state index is 5.52. The van der Waals surface area contributed by atoms with Gasteiger partial charge in [0.2, 0.25) is 5.88 Å². The molecule has 0 radical (unpaired) electrons. The van der Waals surface area contributed by atoms with Crippen LogP contribution in [-0.4, -0.2) is 62.2 Å². The molecule has 0 spiro atoms. The minimum Gasteiger partial charge on any atom is -0.481 e. The van der Waals surface area contributed by atoms with E-state index in [2.05, 4.69) is 15.3 Å². The van der Waals surface area contributed by atoms with E-state index in [1.807, 2.05) is 28.1 Å². The highest BCUT2D eigenvalue weighted by Gasteiger charge is 2.12. The first-order valence-electron chi connectivity index (χ1n) is 6.56. The van der Waals surface area contributed by atoms with Gasteiger partial charge in [-0.2, -0.15) is 5.10 Å². The zero-order chi connectivity index (χ0) is 14.3. The summed E-state index contributed by atoms with van der Waals surface area (Å²) in [5.41, 5.74) is 2.11. The predicted molar refractivity (Wildman–Crippen MR) is 75.6 cm³/mol. The van der Waals surface area contributed by atoms with E-state index in [0.29, 0.717) is 0 Å². The third-order valence-electron chi connectivity index (χ3n) is 2.89. The number of aryl methyl sites for hydroxylation is 2. The van der Waals surface area contributed by atoms with Crippen LogP contribution >= 0.6 is 0 Å². The Labute approximate surface area is 115 Å². The molecule has 6 heteroatoms. The molecular formula is C13H26N4O2. The molecule has 19 heavy (non-hydrogen) atoms. The second-order valence-electron chi connectivity index (χ2n) is 4.79. The summed E-state index contributed by atoms with van der Waals surface area (Å²) in [6.45, 7) is 6.01. The second-order valence-corrected chi connectivity index (χ2v) is 4.79. The van der Waals surface area contributed by atoms with Gasteiger partial charge in [-0.15, -0.1) is 0 Å². The molecule has 0 amide bonds. The van der Waals surface area contributed by atoms with E-state index in [0.717, 1.165) is 50.0 Å². The van der Waals surface area contributed by atoms with Crippen molar-refractivity contribution in [3.8, 4) is 5.88 Å². The summed E-state index contributed by atoms with van der Waals surface area (Å²) in [7, 11) is 7.64. The lowest BCUT2D eigenvalue weighted by atomic mass is 10.2. The molecule has 0 fully saturated rings. The Hall–Kier alpha value is -1.11. The van der Waals surface area contributed by atoms with Crippen molar-refractivity contribution in [3.63, 3.8) is 0 Å². The van der Waals surface area contributed by atoms with Gasteiger partial charge in [-0.25, -0.2) is 4.68 Å². The maximum absolute atomic E-state index is 5.52. The van der Waals surface area contributed by atoms with Gasteiger partial charge in [0, 0.05) is 26.7 Å². The number of nitrogens with one attached hydrogen (secondary N) is 1. The maximum Gasteiger partial charge on any atom is 0.216 e. The highest BCUT2D eigenvalue weighted by atomic mass is 16.5. The Morgan fingerprint density at radius 3 is 2.68 bits per heavy atom. The number of methoxy groups -OCH3 is 1. The fraction of sp³-hybridized carbons (Fsp3) is 0.769. The predicted octanol–water partition coefficient (Wildman–Crippen LogP) is 0.405. The molecule has 1 heterocycles. The Balaban J connectivity index is 2.23. The number of hydrogen-bond acceptors (Lipinski definition) is 5. The van der Waals surface area contributed by atoms with Crippen molar-refractivity contribution in [3.05, 3.63) is 11.3 Å². The van der Waals surface area contributed by atoms with Gasteiger partial charge in [0.1, 0.15) is 0 Å². The van der Waals surface area contributed by atoms with E-state index in [-0.39, 0.29) is 0 Å². The lowest BCUT2D eigenvalue weighted by Gasteiger charge is -2.10. The summed E-state index contributed by atoms with van der Waals surface area (Å²) in [6.07, 6.45) is 0. The van der Waals surface area contributed by atoms with Crippen molar-refractivity contribution >= 4 is 0 Å². The first kappa shape index (κ1) is 15.9. The minimum absolute atomic E-state index is 0.718. The Morgan fingerprint density at radius 2 is 2.05 bits per heavy atom. The number of likely N-dealkylation sites (N-methyl/N-ethyl adjacent to an activating group) is 1. The van der Waals surface area contributed by atoms with Gasteiger partial charge in [0.15, 0.2) is 0 Å². The molecule has 0 aliphatic heterocycles. The molecule has 0 atom stereocenters. The molecule has 6 nitrogen and oxygen atoms in total. The van der Waals surface area contributed by atoms with E-state index in [9.17, 15) is 0 Å². The van der Waals surface area contributed by atoms with E-state index >= 15 is 0 Å². The van der Waals surface area contributed by atoms with Crippen molar-refractivity contribution in [2.75, 3.05) is 47.5 Å². The summed E-state index contributed by atoms with van der Waals surface area (Å²) in [5, 5.41) is 7.69. The monoisotopic (exact) mass is 270 g/mol. The zero-order valence-electron chi connectivity index (χ0n) is 12.7. The van der Waals surface area contributed by atoms with Crippen LogP contribution in [0.15, 0.2) is 0 Å². The summed E-state index contributed by atoms with van der Waals surface area (Å²) in [6, 6.07) is 0. The van der Waals surface area contributed by atoms with Gasteiger partial charge in [-0.05, 0) is 21.0 Å². The van der Waals surface area contributed by atoms with Crippen LogP contribution in [0.4, 0.5) is 0 Å². The first-order chi connectivity index (χ1) is 9.06. The van der Waals surface area contributed by atoms with Gasteiger partial charge < -0.3 is 19.7 Å². The Morgan fingerprint density at radius 1 is 1.32 bits per heavy atom. The SMILES string of the molecule is COc1c(CNCCOCCN(C)C)c(C)nn1C. The van der Waals surface area contributed by atoms with Crippen LogP contribution in [0.3, 0.4) is 0 Å². The lowest BCUT2D eigenvalue weighted by Crippen LogP contribution is -2.23. The van der Waals surface area contributed by atoms with Crippen molar-refractivity contribution in [2.45, 2.75) is 13.5 Å². The van der Waals surface area contributed by atoms with E-state index in [1.54, 1.807) is 11.8 Å². The highest BCUT2D eigenvalue weighted by Crippen LogP contribution is 2.20. The molecule has 1 rings (SSSR count). The van der Waals surface area contributed by atoms with Gasteiger partial charge in [0.05, 0.1) is 31.6 Å². The molecular weight excluding hydrogens is 244 g/mol. The number of ether oxygens (including phenoxy) is 2. The number of rotatable bonds is 9. The molecule has 110 valence electrons. The van der Waals surface area contributed by atoms with Gasteiger partial charge in [0.25, 0.3) is 0 Å². The highest BCUT2D eigenvalue weighted by molar-refractivity contribution is 5.30. The molecule has 0 saturated heterocycles. The molecule has 0 aliphatic rings. The van der Waals surface area contributed by atoms with Crippen molar-refractivity contribution in [2.24, 2.45) is 7.05 Å². The summed E-state index contributed by atoms with van der Waals surface area (Å²) in [5.74, 6) is 0.818. The molecule has 0 aromatic carbocycles. The average molecular weight is 270 g/mol. The minimum atomic E-state index is 0.718. The van der Waals surface area contributed by atoms with Crippen LogP contribution in [0.5, 0.6) is 5.88 Å². The fourth-order valence-corrected chi connectivity index (χ4v) is 1.85. The standard InChI is InChI=1S/C13H26N4O2/c1-11-12(13(18-5)17(4)15-11)10-14-6-8-19-9-7-16(2)3/h14H,6-10H2,1-5H3. The van der Waals surface area contributed by atoms with E-state index in [1.165, 1.54) is 0 Å². The zero-order valence-corrected chi connectivity index (χ0v) is 12.7. The van der Waals surface area contributed by atoms with Gasteiger partial charge >= 0.3 is 0 Å². The van der Waals surface area contributed by atoms with Crippen LogP contribution in [0.2, 0.25) is 0 Å². The van der Waals surface area contributed by atoms with Crippen LogP contribution in [0.25, 0.3) is 0 Å². The smallest absolute Gasteiger partial charge is 0.216 e. The summed E-state index contributed by atoms with van der Waals surface area (Å²) in [4.78, 5) is 2.11. The summed E-state index contributed by atoms with van der Waals surface area (Å²) < 4.78 is 12.6. The molecule has 0 aliphatic carbocycles. The van der Waals surface area contributed by atoms with Gasteiger partial charge in [-0.3, -0.25) is 0 Å². The molecule has 1 aromatic rings. The Bertz CT molecular complexity index is 377. The van der Waals surface area contributed by atoms with Crippen molar-refractivity contribution in [1.29, 1.82) is 0 Å².